The Labute approximate surface area is 210 Å². The zero-order valence-electron chi connectivity index (χ0n) is 19.0. The van der Waals surface area contributed by atoms with Crippen LogP contribution >= 0.6 is 22.9 Å². The van der Waals surface area contributed by atoms with E-state index < -0.39 is 30.5 Å². The second kappa shape index (κ2) is 9.87. The Morgan fingerprint density at radius 1 is 1.09 bits per heavy atom. The summed E-state index contributed by atoms with van der Waals surface area (Å²) in [6, 6.07) is 17.2. The molecule has 0 spiro atoms. The Morgan fingerprint density at radius 3 is 2.51 bits per heavy atom. The number of hydrogen-bond donors (Lipinski definition) is 2. The van der Waals surface area contributed by atoms with E-state index in [1.807, 2.05) is 42.5 Å². The molecule has 4 aromatic rings. The molecule has 2 atom stereocenters. The van der Waals surface area contributed by atoms with Crippen LogP contribution in [0.2, 0.25) is 5.02 Å². The smallest absolute Gasteiger partial charge is 0.366 e. The molecule has 0 saturated heterocycles. The number of aliphatic hydroxyl groups is 1. The molecule has 184 valence electrons. The molecule has 3 N–H and O–H groups in total. The first kappa shape index (κ1) is 25.6. The molecule has 2 heterocycles. The summed E-state index contributed by atoms with van der Waals surface area (Å²) in [6.07, 6.45) is -3.20. The molecular formula is C26H24ClF3N2O2S. The number of rotatable bonds is 7. The van der Waals surface area contributed by atoms with Gasteiger partial charge in [-0.15, -0.1) is 11.3 Å². The molecule has 0 radical (unpaired) electrons. The van der Waals surface area contributed by atoms with Crippen molar-refractivity contribution in [1.29, 1.82) is 0 Å². The van der Waals surface area contributed by atoms with Crippen LogP contribution in [-0.2, 0) is 4.74 Å². The van der Waals surface area contributed by atoms with Crippen LogP contribution in [0, 0.1) is 0 Å². The molecule has 4 nitrogen and oxygen atoms in total. The minimum absolute atomic E-state index is 0.00769. The third kappa shape index (κ3) is 5.85. The Morgan fingerprint density at radius 2 is 1.83 bits per heavy atom. The topological polar surface area (TPSA) is 68.4 Å². The molecule has 0 saturated carbocycles. The van der Waals surface area contributed by atoms with E-state index >= 15 is 0 Å². The minimum Gasteiger partial charge on any atom is -0.366 e. The van der Waals surface area contributed by atoms with Gasteiger partial charge in [0.15, 0.2) is 5.79 Å². The fraction of sp³-hybridized carbons (Fsp3) is 0.269. The predicted molar refractivity (Wildman–Crippen MR) is 134 cm³/mol. The normalized spacial score (nSPS) is 14.3. The number of thiophene rings is 1. The summed E-state index contributed by atoms with van der Waals surface area (Å²) < 4.78 is 47.5. The highest BCUT2D eigenvalue weighted by atomic mass is 35.5. The van der Waals surface area contributed by atoms with Crippen molar-refractivity contribution in [2.24, 2.45) is 5.73 Å². The number of nitrogens with zero attached hydrogens (tertiary/aromatic N) is 1. The third-order valence-electron chi connectivity index (χ3n) is 5.57. The molecule has 2 unspecified atom stereocenters. The average Bonchev–Trinajstić information content (AvgIpc) is 3.22. The quantitative estimate of drug-likeness (QED) is 0.256. The fourth-order valence-electron chi connectivity index (χ4n) is 3.80. The standard InChI is InChI=1S/C26H24ClF3N2O2S/c1-25(2,33)34-14-19(26(28,29)30)15-10-11-32-21(12-15)18-8-5-6-16-13-22(35-24(16)18)23(31)17-7-3-4-9-20(17)27/h3-13,19,23,33H,14,31H2,1-2H3. The highest BCUT2D eigenvalue weighted by Crippen LogP contribution is 2.41. The molecular weight excluding hydrogens is 497 g/mol. The van der Waals surface area contributed by atoms with Crippen LogP contribution in [0.5, 0.6) is 0 Å². The minimum atomic E-state index is -4.56. The molecule has 4 rings (SSSR count). The van der Waals surface area contributed by atoms with E-state index in [1.165, 1.54) is 43.5 Å². The largest absolute Gasteiger partial charge is 0.397 e. The van der Waals surface area contributed by atoms with Crippen molar-refractivity contribution >= 4 is 33.0 Å². The zero-order chi connectivity index (χ0) is 25.4. The third-order valence-corrected chi connectivity index (χ3v) is 7.18. The molecule has 0 fully saturated rings. The number of benzene rings is 2. The number of alkyl halides is 3. The first-order valence-corrected chi connectivity index (χ1v) is 12.1. The second-order valence-corrected chi connectivity index (χ2v) is 10.2. The van der Waals surface area contributed by atoms with Crippen molar-refractivity contribution < 1.29 is 23.0 Å². The SMILES string of the molecule is CC(C)(O)OCC(c1ccnc(-c2cccc3cc(C(N)c4ccccc4Cl)sc23)c1)C(F)(F)F. The van der Waals surface area contributed by atoms with Gasteiger partial charge in [0.2, 0.25) is 0 Å². The van der Waals surface area contributed by atoms with Crippen molar-refractivity contribution in [3.63, 3.8) is 0 Å². The molecule has 0 amide bonds. The molecule has 0 aliphatic rings. The van der Waals surface area contributed by atoms with Gasteiger partial charge in [0.1, 0.15) is 5.92 Å². The Kier molecular flexibility index (Phi) is 7.22. The maximum atomic E-state index is 13.8. The van der Waals surface area contributed by atoms with Crippen LogP contribution in [0.15, 0.2) is 66.9 Å². The lowest BCUT2D eigenvalue weighted by atomic mass is 9.97. The van der Waals surface area contributed by atoms with E-state index in [4.69, 9.17) is 22.1 Å². The second-order valence-electron chi connectivity index (χ2n) is 8.70. The van der Waals surface area contributed by atoms with Crippen molar-refractivity contribution in [3.8, 4) is 11.3 Å². The van der Waals surface area contributed by atoms with Crippen LogP contribution < -0.4 is 5.73 Å². The lowest BCUT2D eigenvalue weighted by Crippen LogP contribution is -2.31. The fourth-order valence-corrected chi connectivity index (χ4v) is 5.25. The van der Waals surface area contributed by atoms with Gasteiger partial charge in [-0.25, -0.2) is 0 Å². The number of nitrogens with two attached hydrogens (primary N) is 1. The summed E-state index contributed by atoms with van der Waals surface area (Å²) in [5, 5.41) is 11.2. The number of halogens is 4. The van der Waals surface area contributed by atoms with Gasteiger partial charge >= 0.3 is 6.18 Å². The average molecular weight is 521 g/mol. The maximum absolute atomic E-state index is 13.8. The van der Waals surface area contributed by atoms with Crippen molar-refractivity contribution in [2.45, 2.75) is 37.8 Å². The molecule has 2 aromatic heterocycles. The first-order valence-electron chi connectivity index (χ1n) is 10.9. The maximum Gasteiger partial charge on any atom is 0.397 e. The Balaban J connectivity index is 1.73. The van der Waals surface area contributed by atoms with E-state index in [2.05, 4.69) is 4.98 Å². The number of fused-ring (bicyclic) bond motifs is 1. The summed E-state index contributed by atoms with van der Waals surface area (Å²) in [4.78, 5) is 5.23. The van der Waals surface area contributed by atoms with Gasteiger partial charge in [-0.1, -0.05) is 48.0 Å². The molecule has 9 heteroatoms. The summed E-state index contributed by atoms with van der Waals surface area (Å²) in [6.45, 7) is 1.87. The van der Waals surface area contributed by atoms with Crippen LogP contribution in [-0.4, -0.2) is 28.7 Å². The van der Waals surface area contributed by atoms with Gasteiger partial charge in [-0.05, 0) is 54.6 Å². The van der Waals surface area contributed by atoms with Gasteiger partial charge in [0.05, 0.1) is 18.3 Å². The number of hydrogen-bond acceptors (Lipinski definition) is 5. The molecule has 2 aromatic carbocycles. The molecule has 35 heavy (non-hydrogen) atoms. The highest BCUT2D eigenvalue weighted by Gasteiger charge is 2.42. The van der Waals surface area contributed by atoms with E-state index in [1.54, 1.807) is 6.07 Å². The Hall–Kier alpha value is -2.49. The summed E-state index contributed by atoms with van der Waals surface area (Å²) in [5.74, 6) is -3.60. The number of ether oxygens (including phenoxy) is 1. The number of aromatic nitrogens is 1. The predicted octanol–water partition coefficient (Wildman–Crippen LogP) is 7.06. The van der Waals surface area contributed by atoms with Crippen LogP contribution in [0.3, 0.4) is 0 Å². The van der Waals surface area contributed by atoms with Crippen molar-refractivity contribution in [3.05, 3.63) is 87.9 Å². The molecule has 0 aliphatic heterocycles. The zero-order valence-corrected chi connectivity index (χ0v) is 20.6. The van der Waals surface area contributed by atoms with E-state index in [0.29, 0.717) is 16.3 Å². The molecule has 0 aliphatic carbocycles. The van der Waals surface area contributed by atoms with Crippen LogP contribution in [0.1, 0.15) is 41.8 Å². The van der Waals surface area contributed by atoms with Crippen molar-refractivity contribution in [2.75, 3.05) is 6.61 Å². The van der Waals surface area contributed by atoms with Crippen LogP contribution in [0.25, 0.3) is 21.3 Å². The lowest BCUT2D eigenvalue weighted by Gasteiger charge is -2.25. The molecule has 0 bridgehead atoms. The van der Waals surface area contributed by atoms with Gasteiger partial charge in [-0.3, -0.25) is 4.98 Å². The summed E-state index contributed by atoms with van der Waals surface area (Å²) in [5.41, 5.74) is 8.41. The lowest BCUT2D eigenvalue weighted by molar-refractivity contribution is -0.214. The summed E-state index contributed by atoms with van der Waals surface area (Å²) >= 11 is 7.79. The van der Waals surface area contributed by atoms with Gasteiger partial charge in [0, 0.05) is 26.4 Å². The van der Waals surface area contributed by atoms with E-state index in [9.17, 15) is 18.3 Å². The van der Waals surface area contributed by atoms with E-state index in [0.717, 1.165) is 20.5 Å². The summed E-state index contributed by atoms with van der Waals surface area (Å²) in [7, 11) is 0. The van der Waals surface area contributed by atoms with Gasteiger partial charge in [-0.2, -0.15) is 13.2 Å². The first-order chi connectivity index (χ1) is 16.4. The van der Waals surface area contributed by atoms with Gasteiger partial charge in [0.25, 0.3) is 0 Å². The number of pyridine rings is 1. The van der Waals surface area contributed by atoms with Crippen LogP contribution in [0.4, 0.5) is 13.2 Å². The van der Waals surface area contributed by atoms with Crippen molar-refractivity contribution in [1.82, 2.24) is 4.98 Å². The van der Waals surface area contributed by atoms with E-state index in [-0.39, 0.29) is 5.56 Å². The monoisotopic (exact) mass is 520 g/mol. The highest BCUT2D eigenvalue weighted by molar-refractivity contribution is 7.19. The Bertz CT molecular complexity index is 1330. The van der Waals surface area contributed by atoms with Gasteiger partial charge < -0.3 is 15.6 Å².